The predicted molar refractivity (Wildman–Crippen MR) is 42.6 cm³/mol. The predicted octanol–water partition coefficient (Wildman–Crippen LogP) is 0.413. The second-order valence-electron chi connectivity index (χ2n) is 2.06. The molecule has 0 saturated heterocycles. The van der Waals surface area contributed by atoms with Crippen molar-refractivity contribution in [2.45, 2.75) is 6.92 Å². The first-order valence-corrected chi connectivity index (χ1v) is 3.63. The summed E-state index contributed by atoms with van der Waals surface area (Å²) in [5.74, 6) is -0.205. The van der Waals surface area contributed by atoms with Crippen LogP contribution in [0.5, 0.6) is 0 Å². The van der Waals surface area contributed by atoms with Gasteiger partial charge in [-0.25, -0.2) is 0 Å². The van der Waals surface area contributed by atoms with Gasteiger partial charge in [0, 0.05) is 13.6 Å². The third kappa shape index (κ3) is 4.61. The van der Waals surface area contributed by atoms with Crippen LogP contribution in [0.1, 0.15) is 6.92 Å². The summed E-state index contributed by atoms with van der Waals surface area (Å²) in [7, 11) is 1.46. The zero-order valence-corrected chi connectivity index (χ0v) is 7.31. The van der Waals surface area contributed by atoms with Crippen LogP contribution in [0.4, 0.5) is 4.79 Å². The second kappa shape index (κ2) is 4.96. The molecule has 0 fully saturated rings. The lowest BCUT2D eigenvalue weighted by Gasteiger charge is -2.11. The monoisotopic (exact) mass is 178 g/mol. The maximum atomic E-state index is 10.8. The van der Waals surface area contributed by atoms with Crippen molar-refractivity contribution in [3.63, 3.8) is 0 Å². The number of nitrogens with one attached hydrogen (secondary N) is 1. The van der Waals surface area contributed by atoms with E-state index in [2.05, 4.69) is 5.32 Å². The summed E-state index contributed by atoms with van der Waals surface area (Å²) in [5.41, 5.74) is 0. The van der Waals surface area contributed by atoms with Crippen LogP contribution >= 0.6 is 11.6 Å². The number of nitrogens with zero attached hydrogens (tertiary/aromatic N) is 1. The van der Waals surface area contributed by atoms with Gasteiger partial charge in [-0.05, 0) is 18.5 Å². The quantitative estimate of drug-likeness (QED) is 0.503. The Kier molecular flexibility index (Phi) is 4.61. The van der Waals surface area contributed by atoms with E-state index in [0.29, 0.717) is 6.54 Å². The third-order valence-electron chi connectivity index (χ3n) is 1.05. The third-order valence-corrected chi connectivity index (χ3v) is 1.34. The highest BCUT2D eigenvalue weighted by atomic mass is 35.5. The van der Waals surface area contributed by atoms with Gasteiger partial charge in [-0.1, -0.05) is 0 Å². The first-order valence-electron chi connectivity index (χ1n) is 3.25. The van der Waals surface area contributed by atoms with E-state index in [1.165, 1.54) is 7.05 Å². The van der Waals surface area contributed by atoms with Gasteiger partial charge in [0.15, 0.2) is 0 Å². The van der Waals surface area contributed by atoms with E-state index in [9.17, 15) is 9.59 Å². The van der Waals surface area contributed by atoms with Gasteiger partial charge in [0.1, 0.15) is 6.54 Å². The number of rotatable bonds is 3. The maximum Gasteiger partial charge on any atom is 0.316 e. The highest BCUT2D eigenvalue weighted by Crippen LogP contribution is 1.90. The van der Waals surface area contributed by atoms with Crippen LogP contribution in [0.15, 0.2) is 0 Å². The maximum absolute atomic E-state index is 10.8. The topological polar surface area (TPSA) is 49.4 Å². The van der Waals surface area contributed by atoms with E-state index in [0.717, 1.165) is 4.90 Å². The zero-order valence-electron chi connectivity index (χ0n) is 6.56. The molecule has 0 aliphatic heterocycles. The van der Waals surface area contributed by atoms with Crippen molar-refractivity contribution >= 4 is 22.9 Å². The second-order valence-corrected chi connectivity index (χ2v) is 2.39. The molecule has 0 saturated carbocycles. The van der Waals surface area contributed by atoms with E-state index in [-0.39, 0.29) is 12.5 Å². The van der Waals surface area contributed by atoms with Crippen molar-refractivity contribution in [3.05, 3.63) is 0 Å². The molecule has 1 N–H and O–H groups in total. The molecule has 0 aliphatic rings. The molecule has 5 heteroatoms. The van der Waals surface area contributed by atoms with E-state index >= 15 is 0 Å². The minimum atomic E-state index is -0.628. The van der Waals surface area contributed by atoms with E-state index < -0.39 is 5.37 Å². The molecule has 0 unspecified atom stereocenters. The van der Waals surface area contributed by atoms with Crippen molar-refractivity contribution in [3.8, 4) is 0 Å². The summed E-state index contributed by atoms with van der Waals surface area (Å²) in [4.78, 5) is 22.3. The molecule has 0 rings (SSSR count). The highest BCUT2D eigenvalue weighted by molar-refractivity contribution is 6.62. The fraction of sp³-hybridized carbons (Fsp3) is 0.667. The molecule has 4 nitrogen and oxygen atoms in total. The smallest absolute Gasteiger partial charge is 0.316 e. The Bertz CT molecular complexity index is 161. The minimum Gasteiger partial charge on any atom is -0.355 e. The Balaban J connectivity index is 3.66. The van der Waals surface area contributed by atoms with Crippen LogP contribution in [-0.2, 0) is 4.79 Å². The average Bonchev–Trinajstić information content (AvgIpc) is 1.87. The van der Waals surface area contributed by atoms with Gasteiger partial charge >= 0.3 is 5.37 Å². The average molecular weight is 179 g/mol. The van der Waals surface area contributed by atoms with Crippen molar-refractivity contribution in [1.29, 1.82) is 0 Å². The summed E-state index contributed by atoms with van der Waals surface area (Å²) >= 11 is 5.08. The summed E-state index contributed by atoms with van der Waals surface area (Å²) in [5, 5.41) is 1.91. The van der Waals surface area contributed by atoms with Gasteiger partial charge in [0.05, 0.1) is 0 Å². The molecule has 0 aromatic rings. The lowest BCUT2D eigenvalue weighted by atomic mass is 10.5. The first-order chi connectivity index (χ1) is 5.07. The number of carbonyl (C=O) groups is 2. The zero-order chi connectivity index (χ0) is 8.85. The summed E-state index contributed by atoms with van der Waals surface area (Å²) in [6.07, 6.45) is 0. The normalized spacial score (nSPS) is 9.00. The lowest BCUT2D eigenvalue weighted by molar-refractivity contribution is -0.121. The van der Waals surface area contributed by atoms with Gasteiger partial charge < -0.3 is 10.2 Å². The van der Waals surface area contributed by atoms with Gasteiger partial charge in [0.2, 0.25) is 5.91 Å². The first kappa shape index (κ1) is 10.2. The Labute approximate surface area is 70.5 Å². The van der Waals surface area contributed by atoms with Gasteiger partial charge in [-0.3, -0.25) is 9.59 Å². The van der Waals surface area contributed by atoms with Crippen molar-refractivity contribution < 1.29 is 9.59 Å². The van der Waals surface area contributed by atoms with Crippen LogP contribution in [0, 0.1) is 0 Å². The Morgan fingerprint density at radius 2 is 2.09 bits per heavy atom. The molecule has 0 bridgehead atoms. The van der Waals surface area contributed by atoms with Crippen LogP contribution < -0.4 is 5.32 Å². The van der Waals surface area contributed by atoms with Gasteiger partial charge in [-0.2, -0.15) is 0 Å². The molecule has 0 aliphatic carbocycles. The molecule has 11 heavy (non-hydrogen) atoms. The van der Waals surface area contributed by atoms with Crippen molar-refractivity contribution in [2.24, 2.45) is 0 Å². The highest BCUT2D eigenvalue weighted by Gasteiger charge is 2.08. The van der Waals surface area contributed by atoms with E-state index in [4.69, 9.17) is 11.6 Å². The molecule has 0 aromatic carbocycles. The molecule has 2 amide bonds. The fourth-order valence-corrected chi connectivity index (χ4v) is 0.590. The molecule has 0 aromatic heterocycles. The largest absolute Gasteiger partial charge is 0.355 e. The number of carbonyl (C=O) groups excluding carboxylic acids is 2. The number of hydrogen-bond acceptors (Lipinski definition) is 2. The van der Waals surface area contributed by atoms with E-state index in [1.807, 2.05) is 0 Å². The number of halogens is 1. The fourth-order valence-electron chi connectivity index (χ4n) is 0.531. The Morgan fingerprint density at radius 3 is 2.45 bits per heavy atom. The van der Waals surface area contributed by atoms with Gasteiger partial charge in [0.25, 0.3) is 0 Å². The minimum absolute atomic E-state index is 0.0101. The molecule has 0 atom stereocenters. The standard InChI is InChI=1S/C6H11ClN2O2/c1-3-8-5(10)4-9(2)6(7)11/h3-4H2,1-2H3,(H,8,10). The van der Waals surface area contributed by atoms with Crippen molar-refractivity contribution in [1.82, 2.24) is 10.2 Å². The molecular weight excluding hydrogens is 168 g/mol. The van der Waals surface area contributed by atoms with Crippen LogP contribution in [-0.4, -0.2) is 36.3 Å². The van der Waals surface area contributed by atoms with Gasteiger partial charge in [-0.15, -0.1) is 0 Å². The number of hydrogen-bond donors (Lipinski definition) is 1. The lowest BCUT2D eigenvalue weighted by Crippen LogP contribution is -2.35. The molecular formula is C6H11ClN2O2. The van der Waals surface area contributed by atoms with Crippen LogP contribution in [0.25, 0.3) is 0 Å². The number of likely N-dealkylation sites (N-methyl/N-ethyl adjacent to an activating group) is 2. The molecule has 0 radical (unpaired) electrons. The SMILES string of the molecule is CCNC(=O)CN(C)C(=O)Cl. The van der Waals surface area contributed by atoms with Crippen LogP contribution in [0.3, 0.4) is 0 Å². The summed E-state index contributed by atoms with van der Waals surface area (Å²) in [6, 6.07) is 0. The van der Waals surface area contributed by atoms with Crippen LogP contribution in [0.2, 0.25) is 0 Å². The summed E-state index contributed by atoms with van der Waals surface area (Å²) < 4.78 is 0. The van der Waals surface area contributed by atoms with E-state index in [1.54, 1.807) is 6.92 Å². The Morgan fingerprint density at radius 1 is 1.55 bits per heavy atom. The number of amides is 2. The van der Waals surface area contributed by atoms with Crippen molar-refractivity contribution in [2.75, 3.05) is 20.1 Å². The molecule has 0 spiro atoms. The molecule has 0 heterocycles. The molecule has 64 valence electrons. The summed E-state index contributed by atoms with van der Waals surface area (Å²) in [6.45, 7) is 2.37. The Hall–Kier alpha value is -0.770.